The van der Waals surface area contributed by atoms with E-state index >= 15 is 0 Å². The third-order valence-electron chi connectivity index (χ3n) is 3.20. The fourth-order valence-corrected chi connectivity index (χ4v) is 2.02. The number of nitrogens with zero attached hydrogens (tertiary/aromatic N) is 1. The van der Waals surface area contributed by atoms with E-state index in [0.29, 0.717) is 6.54 Å². The minimum Gasteiger partial charge on any atom is -0.379 e. The van der Waals surface area contributed by atoms with Gasteiger partial charge in [0.15, 0.2) is 0 Å². The number of nitrogens with two attached hydrogens (primary N) is 1. The van der Waals surface area contributed by atoms with Crippen molar-refractivity contribution in [3.8, 4) is 11.8 Å². The molecule has 2 rings (SSSR count). The minimum atomic E-state index is 0. The van der Waals surface area contributed by atoms with E-state index in [1.165, 1.54) is 0 Å². The van der Waals surface area contributed by atoms with Crippen molar-refractivity contribution in [3.05, 3.63) is 41.5 Å². The zero-order valence-corrected chi connectivity index (χ0v) is 13.2. The molecule has 122 valence electrons. The van der Waals surface area contributed by atoms with Crippen LogP contribution in [0.25, 0.3) is 6.08 Å². The van der Waals surface area contributed by atoms with Crippen LogP contribution in [0.5, 0.6) is 0 Å². The first kappa shape index (κ1) is 20.4. The van der Waals surface area contributed by atoms with Gasteiger partial charge in [-0.25, -0.2) is 0 Å². The molecule has 2 N–H and O–H groups in total. The highest BCUT2D eigenvalue weighted by Gasteiger charge is 2.07. The van der Waals surface area contributed by atoms with Gasteiger partial charge in [-0.1, -0.05) is 57.9 Å². The molecular formula is C19H30N2O. The van der Waals surface area contributed by atoms with Gasteiger partial charge in [0.2, 0.25) is 0 Å². The van der Waals surface area contributed by atoms with Crippen molar-refractivity contribution in [3.63, 3.8) is 0 Å². The second kappa shape index (κ2) is 12.0. The van der Waals surface area contributed by atoms with E-state index in [2.05, 4.69) is 23.3 Å². The highest BCUT2D eigenvalue weighted by atomic mass is 16.5. The summed E-state index contributed by atoms with van der Waals surface area (Å²) in [5.41, 5.74) is 8.83. The Balaban J connectivity index is 0.00000141. The molecule has 1 aromatic rings. The number of hydrogen-bond acceptors (Lipinski definition) is 3. The highest BCUT2D eigenvalue weighted by Crippen LogP contribution is 2.12. The summed E-state index contributed by atoms with van der Waals surface area (Å²) in [5.74, 6) is 6.46. The number of morpholine rings is 1. The molecule has 0 radical (unpaired) electrons. The van der Waals surface area contributed by atoms with Gasteiger partial charge in [0, 0.05) is 25.2 Å². The molecule has 1 saturated heterocycles. The van der Waals surface area contributed by atoms with Crippen molar-refractivity contribution in [2.24, 2.45) is 5.73 Å². The van der Waals surface area contributed by atoms with Crippen LogP contribution in [0.1, 0.15) is 38.0 Å². The molecule has 0 aliphatic carbocycles. The van der Waals surface area contributed by atoms with Gasteiger partial charge in [0.25, 0.3) is 0 Å². The molecule has 0 atom stereocenters. The Hall–Kier alpha value is -1.60. The van der Waals surface area contributed by atoms with E-state index in [4.69, 9.17) is 10.5 Å². The Morgan fingerprint density at radius 3 is 2.59 bits per heavy atom. The zero-order chi connectivity index (χ0) is 15.5. The number of benzene rings is 1. The van der Waals surface area contributed by atoms with Gasteiger partial charge in [0.05, 0.1) is 19.8 Å². The standard InChI is InChI=1S/C16H20N2O.C2H6.CH4/c1-2-15-6-5-14(13-17)12-16(15)4-3-7-18-8-10-19-11-9-18;1-2;/h2,5-6,12H,1,7-11,13,17H2;1-2H3;1H4. The van der Waals surface area contributed by atoms with Crippen LogP contribution in [-0.4, -0.2) is 37.7 Å². The summed E-state index contributed by atoms with van der Waals surface area (Å²) in [6.07, 6.45) is 1.83. The Morgan fingerprint density at radius 1 is 1.32 bits per heavy atom. The molecule has 0 bridgehead atoms. The molecule has 0 unspecified atom stereocenters. The smallest absolute Gasteiger partial charge is 0.0606 e. The zero-order valence-electron chi connectivity index (χ0n) is 13.2. The topological polar surface area (TPSA) is 38.5 Å². The third-order valence-corrected chi connectivity index (χ3v) is 3.20. The molecule has 1 heterocycles. The van der Waals surface area contributed by atoms with Crippen LogP contribution < -0.4 is 5.73 Å². The average Bonchev–Trinajstić information content (AvgIpc) is 2.57. The SMILES string of the molecule is C.C=Cc1ccc(CN)cc1C#CCN1CCOCC1.CC. The van der Waals surface area contributed by atoms with Crippen LogP contribution in [0.15, 0.2) is 24.8 Å². The molecule has 3 heteroatoms. The molecule has 1 aliphatic heterocycles. The predicted octanol–water partition coefficient (Wildman–Crippen LogP) is 3.13. The fourth-order valence-electron chi connectivity index (χ4n) is 2.02. The monoisotopic (exact) mass is 302 g/mol. The fraction of sp³-hybridized carbons (Fsp3) is 0.474. The van der Waals surface area contributed by atoms with Crippen molar-refractivity contribution in [2.75, 3.05) is 32.8 Å². The second-order valence-electron chi connectivity index (χ2n) is 4.52. The minimum absolute atomic E-state index is 0. The third kappa shape index (κ3) is 6.44. The van der Waals surface area contributed by atoms with Crippen molar-refractivity contribution < 1.29 is 4.74 Å². The van der Waals surface area contributed by atoms with E-state index in [9.17, 15) is 0 Å². The summed E-state index contributed by atoms with van der Waals surface area (Å²) in [6.45, 7) is 12.7. The normalized spacial score (nSPS) is 13.8. The van der Waals surface area contributed by atoms with E-state index in [-0.39, 0.29) is 7.43 Å². The Kier molecular flexibility index (Phi) is 11.1. The lowest BCUT2D eigenvalue weighted by atomic mass is 10.0. The maximum atomic E-state index is 5.66. The Morgan fingerprint density at radius 2 is 2.00 bits per heavy atom. The van der Waals surface area contributed by atoms with Gasteiger partial charge in [-0.3, -0.25) is 4.90 Å². The Bertz CT molecular complexity index is 494. The number of rotatable bonds is 3. The van der Waals surface area contributed by atoms with Crippen molar-refractivity contribution in [1.29, 1.82) is 0 Å². The maximum absolute atomic E-state index is 5.66. The van der Waals surface area contributed by atoms with E-state index in [1.54, 1.807) is 0 Å². The van der Waals surface area contributed by atoms with Gasteiger partial charge in [-0.05, 0) is 17.2 Å². The molecule has 0 spiro atoms. The van der Waals surface area contributed by atoms with Crippen LogP contribution in [0.4, 0.5) is 0 Å². The summed E-state index contributed by atoms with van der Waals surface area (Å²) in [4.78, 5) is 2.30. The lowest BCUT2D eigenvalue weighted by Crippen LogP contribution is -2.36. The molecule has 3 nitrogen and oxygen atoms in total. The highest BCUT2D eigenvalue weighted by molar-refractivity contribution is 5.58. The maximum Gasteiger partial charge on any atom is 0.0606 e. The van der Waals surface area contributed by atoms with Crippen molar-refractivity contribution >= 4 is 6.08 Å². The average molecular weight is 302 g/mol. The van der Waals surface area contributed by atoms with Crippen LogP contribution in [0.3, 0.4) is 0 Å². The largest absolute Gasteiger partial charge is 0.379 e. The van der Waals surface area contributed by atoms with E-state index < -0.39 is 0 Å². The molecule has 1 aromatic carbocycles. The molecular weight excluding hydrogens is 272 g/mol. The van der Waals surface area contributed by atoms with Crippen LogP contribution >= 0.6 is 0 Å². The summed E-state index contributed by atoms with van der Waals surface area (Å²) in [6, 6.07) is 6.08. The second-order valence-corrected chi connectivity index (χ2v) is 4.52. The lowest BCUT2D eigenvalue weighted by molar-refractivity contribution is 0.0443. The quantitative estimate of drug-likeness (QED) is 0.872. The van der Waals surface area contributed by atoms with Gasteiger partial charge < -0.3 is 10.5 Å². The first-order valence-corrected chi connectivity index (χ1v) is 7.58. The van der Waals surface area contributed by atoms with Gasteiger partial charge in [0.1, 0.15) is 0 Å². The summed E-state index contributed by atoms with van der Waals surface area (Å²) >= 11 is 0. The molecule has 1 fully saturated rings. The number of ether oxygens (including phenoxy) is 1. The Labute approximate surface area is 136 Å². The van der Waals surface area contributed by atoms with Crippen molar-refractivity contribution in [2.45, 2.75) is 27.8 Å². The van der Waals surface area contributed by atoms with Crippen LogP contribution in [0.2, 0.25) is 0 Å². The predicted molar refractivity (Wildman–Crippen MR) is 96.6 cm³/mol. The van der Waals surface area contributed by atoms with Gasteiger partial charge in [-0.15, -0.1) is 0 Å². The summed E-state index contributed by atoms with van der Waals surface area (Å²) < 4.78 is 5.31. The van der Waals surface area contributed by atoms with Gasteiger partial charge in [-0.2, -0.15) is 0 Å². The number of hydrogen-bond donors (Lipinski definition) is 1. The molecule has 0 saturated carbocycles. The lowest BCUT2D eigenvalue weighted by Gasteiger charge is -2.24. The van der Waals surface area contributed by atoms with Crippen LogP contribution in [0, 0.1) is 11.8 Å². The molecule has 22 heavy (non-hydrogen) atoms. The van der Waals surface area contributed by atoms with Crippen LogP contribution in [-0.2, 0) is 11.3 Å². The van der Waals surface area contributed by atoms with Gasteiger partial charge >= 0.3 is 0 Å². The molecule has 0 amide bonds. The van der Waals surface area contributed by atoms with E-state index in [0.717, 1.165) is 49.5 Å². The van der Waals surface area contributed by atoms with Crippen molar-refractivity contribution in [1.82, 2.24) is 4.90 Å². The van der Waals surface area contributed by atoms with E-state index in [1.807, 2.05) is 38.1 Å². The first-order valence-electron chi connectivity index (χ1n) is 7.58. The summed E-state index contributed by atoms with van der Waals surface area (Å²) in [7, 11) is 0. The molecule has 0 aromatic heterocycles. The molecule has 1 aliphatic rings. The first-order chi connectivity index (χ1) is 10.3. The summed E-state index contributed by atoms with van der Waals surface area (Å²) in [5, 5.41) is 0.